The van der Waals surface area contributed by atoms with Gasteiger partial charge in [-0.3, -0.25) is 0 Å². The van der Waals surface area contributed by atoms with E-state index < -0.39 is 0 Å². The first-order valence-electron chi connectivity index (χ1n) is 6.72. The third-order valence-electron chi connectivity index (χ3n) is 4.13. The van der Waals surface area contributed by atoms with Crippen LogP contribution in [0.4, 0.5) is 4.79 Å². The van der Waals surface area contributed by atoms with Gasteiger partial charge in [-0.2, -0.15) is 0 Å². The van der Waals surface area contributed by atoms with Gasteiger partial charge in [-0.05, 0) is 43.9 Å². The fourth-order valence-electron chi connectivity index (χ4n) is 3.05. The van der Waals surface area contributed by atoms with Crippen molar-refractivity contribution in [2.75, 3.05) is 13.1 Å². The zero-order valence-electron chi connectivity index (χ0n) is 10.5. The van der Waals surface area contributed by atoms with Crippen LogP contribution in [-0.2, 0) is 0 Å². The Morgan fingerprint density at radius 1 is 1.19 bits per heavy atom. The highest BCUT2D eigenvalue weighted by Gasteiger charge is 2.28. The largest absolute Gasteiger partial charge is 0.335 e. The molecule has 16 heavy (non-hydrogen) atoms. The van der Waals surface area contributed by atoms with E-state index in [4.69, 9.17) is 0 Å². The normalized spacial score (nSPS) is 35.1. The Labute approximate surface area is 98.6 Å². The van der Waals surface area contributed by atoms with Crippen LogP contribution in [0.25, 0.3) is 0 Å². The molecule has 0 bridgehead atoms. The van der Waals surface area contributed by atoms with Crippen LogP contribution in [0.2, 0.25) is 0 Å². The van der Waals surface area contributed by atoms with Gasteiger partial charge in [0, 0.05) is 19.1 Å². The van der Waals surface area contributed by atoms with E-state index in [1.165, 1.54) is 25.7 Å². The number of amides is 2. The van der Waals surface area contributed by atoms with Gasteiger partial charge in [0.25, 0.3) is 0 Å². The molecule has 2 fully saturated rings. The monoisotopic (exact) mass is 224 g/mol. The van der Waals surface area contributed by atoms with E-state index in [-0.39, 0.29) is 6.03 Å². The van der Waals surface area contributed by atoms with Crippen LogP contribution >= 0.6 is 0 Å². The lowest BCUT2D eigenvalue weighted by Crippen LogP contribution is -2.47. The van der Waals surface area contributed by atoms with Crippen molar-refractivity contribution in [3.63, 3.8) is 0 Å². The van der Waals surface area contributed by atoms with Crippen LogP contribution in [0.5, 0.6) is 0 Å². The topological polar surface area (TPSA) is 32.3 Å². The molecule has 2 aliphatic rings. The van der Waals surface area contributed by atoms with Crippen LogP contribution in [0.1, 0.15) is 46.0 Å². The maximum atomic E-state index is 12.0. The fraction of sp³-hybridized carbons (Fsp3) is 0.923. The predicted octanol–water partition coefficient (Wildman–Crippen LogP) is 2.62. The van der Waals surface area contributed by atoms with Crippen LogP contribution in [0.3, 0.4) is 0 Å². The van der Waals surface area contributed by atoms with Gasteiger partial charge in [0.2, 0.25) is 0 Å². The quantitative estimate of drug-likeness (QED) is 0.729. The zero-order chi connectivity index (χ0) is 11.5. The molecule has 0 radical (unpaired) electrons. The van der Waals surface area contributed by atoms with Gasteiger partial charge in [-0.1, -0.05) is 13.8 Å². The Morgan fingerprint density at radius 2 is 1.88 bits per heavy atom. The third-order valence-corrected chi connectivity index (χ3v) is 4.13. The number of hydrogen-bond acceptors (Lipinski definition) is 1. The van der Waals surface area contributed by atoms with Crippen molar-refractivity contribution in [2.45, 2.75) is 52.0 Å². The molecule has 1 aliphatic heterocycles. The molecule has 0 aromatic heterocycles. The molecule has 2 amide bonds. The number of nitrogens with zero attached hydrogens (tertiary/aromatic N) is 1. The minimum absolute atomic E-state index is 0.170. The second-order valence-corrected chi connectivity index (χ2v) is 5.65. The average molecular weight is 224 g/mol. The highest BCUT2D eigenvalue weighted by Crippen LogP contribution is 2.28. The molecule has 1 saturated heterocycles. The summed E-state index contributed by atoms with van der Waals surface area (Å²) in [6, 6.07) is 0.577. The highest BCUT2D eigenvalue weighted by atomic mass is 16.2. The van der Waals surface area contributed by atoms with E-state index >= 15 is 0 Å². The fourth-order valence-corrected chi connectivity index (χ4v) is 3.05. The second kappa shape index (κ2) is 5.07. The molecule has 0 aromatic carbocycles. The Hall–Kier alpha value is -0.730. The SMILES string of the molecule is CC1CCC(NC(=O)N2CCCC2)C(C)C1. The summed E-state index contributed by atoms with van der Waals surface area (Å²) in [5, 5.41) is 3.22. The van der Waals surface area contributed by atoms with Crippen molar-refractivity contribution < 1.29 is 4.79 Å². The summed E-state index contributed by atoms with van der Waals surface area (Å²) >= 11 is 0. The van der Waals surface area contributed by atoms with Crippen LogP contribution in [0.15, 0.2) is 0 Å². The first-order valence-corrected chi connectivity index (χ1v) is 6.72. The molecular formula is C13H24N2O. The molecule has 3 unspecified atom stereocenters. The number of carbonyl (C=O) groups is 1. The van der Waals surface area contributed by atoms with E-state index in [1.54, 1.807) is 0 Å². The molecule has 1 saturated carbocycles. The molecule has 3 heteroatoms. The van der Waals surface area contributed by atoms with Gasteiger partial charge in [0.1, 0.15) is 0 Å². The summed E-state index contributed by atoms with van der Waals surface area (Å²) in [5.41, 5.74) is 0. The number of hydrogen-bond donors (Lipinski definition) is 1. The standard InChI is InChI=1S/C13H24N2O/c1-10-5-6-12(11(2)9-10)14-13(16)15-7-3-4-8-15/h10-12H,3-9H2,1-2H3,(H,14,16). The van der Waals surface area contributed by atoms with E-state index in [1.807, 2.05) is 4.90 Å². The lowest BCUT2D eigenvalue weighted by Gasteiger charge is -2.34. The van der Waals surface area contributed by atoms with E-state index in [2.05, 4.69) is 19.2 Å². The average Bonchev–Trinajstić information content (AvgIpc) is 2.75. The van der Waals surface area contributed by atoms with E-state index in [0.29, 0.717) is 12.0 Å². The first kappa shape index (κ1) is 11.7. The minimum Gasteiger partial charge on any atom is -0.335 e. The molecular weight excluding hydrogens is 200 g/mol. The number of rotatable bonds is 1. The maximum Gasteiger partial charge on any atom is 0.317 e. The van der Waals surface area contributed by atoms with Crippen molar-refractivity contribution in [3.05, 3.63) is 0 Å². The van der Waals surface area contributed by atoms with Gasteiger partial charge < -0.3 is 10.2 Å². The third kappa shape index (κ3) is 2.69. The summed E-state index contributed by atoms with van der Waals surface area (Å²) < 4.78 is 0. The Kier molecular flexibility index (Phi) is 3.72. The molecule has 1 heterocycles. The molecule has 1 N–H and O–H groups in total. The molecule has 92 valence electrons. The zero-order valence-corrected chi connectivity index (χ0v) is 10.5. The second-order valence-electron chi connectivity index (χ2n) is 5.65. The lowest BCUT2D eigenvalue weighted by atomic mass is 9.80. The molecule has 3 nitrogen and oxygen atoms in total. The van der Waals surface area contributed by atoms with Crippen molar-refractivity contribution in [3.8, 4) is 0 Å². The van der Waals surface area contributed by atoms with Crippen LogP contribution in [0, 0.1) is 11.8 Å². The summed E-state index contributed by atoms with van der Waals surface area (Å²) in [6.07, 6.45) is 6.01. The molecule has 0 spiro atoms. The smallest absolute Gasteiger partial charge is 0.317 e. The van der Waals surface area contributed by atoms with Crippen molar-refractivity contribution in [1.82, 2.24) is 10.2 Å². The highest BCUT2D eigenvalue weighted by molar-refractivity contribution is 5.74. The number of urea groups is 1. The van der Waals surface area contributed by atoms with Crippen LogP contribution < -0.4 is 5.32 Å². The minimum atomic E-state index is 0.170. The van der Waals surface area contributed by atoms with Crippen molar-refractivity contribution in [1.29, 1.82) is 0 Å². The van der Waals surface area contributed by atoms with Crippen molar-refractivity contribution in [2.24, 2.45) is 11.8 Å². The number of carbonyl (C=O) groups excluding carboxylic acids is 1. The van der Waals surface area contributed by atoms with E-state index in [0.717, 1.165) is 25.4 Å². The molecule has 1 aliphatic carbocycles. The Bertz CT molecular complexity index is 248. The van der Waals surface area contributed by atoms with E-state index in [9.17, 15) is 4.79 Å². The first-order chi connectivity index (χ1) is 7.66. The summed E-state index contributed by atoms with van der Waals surface area (Å²) in [4.78, 5) is 13.9. The van der Waals surface area contributed by atoms with Gasteiger partial charge in [0.05, 0.1) is 0 Å². The van der Waals surface area contributed by atoms with Gasteiger partial charge in [-0.15, -0.1) is 0 Å². The molecule has 3 atom stereocenters. The van der Waals surface area contributed by atoms with Crippen LogP contribution in [-0.4, -0.2) is 30.1 Å². The summed E-state index contributed by atoms with van der Waals surface area (Å²) in [7, 11) is 0. The predicted molar refractivity (Wildman–Crippen MR) is 65.3 cm³/mol. The van der Waals surface area contributed by atoms with Gasteiger partial charge in [0.15, 0.2) is 0 Å². The van der Waals surface area contributed by atoms with Crippen molar-refractivity contribution >= 4 is 6.03 Å². The molecule has 2 rings (SSSR count). The molecule has 0 aromatic rings. The Balaban J connectivity index is 1.82. The lowest BCUT2D eigenvalue weighted by molar-refractivity contribution is 0.182. The van der Waals surface area contributed by atoms with Gasteiger partial charge >= 0.3 is 6.03 Å². The summed E-state index contributed by atoms with van der Waals surface area (Å²) in [5.74, 6) is 1.46. The number of likely N-dealkylation sites (tertiary alicyclic amines) is 1. The summed E-state index contributed by atoms with van der Waals surface area (Å²) in [6.45, 7) is 6.48. The van der Waals surface area contributed by atoms with Gasteiger partial charge in [-0.25, -0.2) is 4.79 Å². The Morgan fingerprint density at radius 3 is 2.50 bits per heavy atom. The number of nitrogens with one attached hydrogen (secondary N) is 1. The maximum absolute atomic E-state index is 12.0.